The van der Waals surface area contributed by atoms with Gasteiger partial charge in [0.25, 0.3) is 0 Å². The van der Waals surface area contributed by atoms with E-state index in [-0.39, 0.29) is 40.5 Å². The number of nitrogens with two attached hydrogens (primary N) is 2. The van der Waals surface area contributed by atoms with Crippen LogP contribution < -0.4 is 22.1 Å². The number of amides is 1. The lowest BCUT2D eigenvalue weighted by Gasteiger charge is -2.38. The number of nitrogens with zero attached hydrogens (tertiary/aromatic N) is 6. The van der Waals surface area contributed by atoms with Crippen molar-refractivity contribution in [2.24, 2.45) is 0 Å². The number of allylic oxidation sites excluding steroid dienone is 1. The summed E-state index contributed by atoms with van der Waals surface area (Å²) < 4.78 is 0. The molecule has 2 aromatic heterocycles. The van der Waals surface area contributed by atoms with Crippen LogP contribution in [0.1, 0.15) is 23.3 Å². The van der Waals surface area contributed by atoms with Gasteiger partial charge in [-0.05, 0) is 25.0 Å². The van der Waals surface area contributed by atoms with Gasteiger partial charge in [0, 0.05) is 25.7 Å². The van der Waals surface area contributed by atoms with Crippen molar-refractivity contribution in [2.45, 2.75) is 24.9 Å². The highest BCUT2D eigenvalue weighted by Gasteiger charge is 2.40. The fraction of sp³-hybridized carbons (Fsp3) is 0.333. The van der Waals surface area contributed by atoms with Gasteiger partial charge in [-0.1, -0.05) is 23.7 Å². The molecule has 2 aliphatic rings. The van der Waals surface area contributed by atoms with Crippen molar-refractivity contribution in [3.05, 3.63) is 47.0 Å². The largest absolute Gasteiger partial charge is 0.382 e. The summed E-state index contributed by atoms with van der Waals surface area (Å²) in [4.78, 5) is 36.5. The van der Waals surface area contributed by atoms with Crippen molar-refractivity contribution in [1.82, 2.24) is 40.5 Å². The lowest BCUT2D eigenvalue weighted by atomic mass is 9.88. The summed E-state index contributed by atoms with van der Waals surface area (Å²) in [5.74, 6) is -0.0152. The number of likely N-dealkylation sites (tertiary alicyclic amines) is 1. The summed E-state index contributed by atoms with van der Waals surface area (Å²) in [6.07, 6.45) is 2.83. The van der Waals surface area contributed by atoms with Crippen molar-refractivity contribution in [2.75, 3.05) is 31.1 Å². The monoisotopic (exact) mass is 482 g/mol. The molecule has 0 radical (unpaired) electrons. The van der Waals surface area contributed by atoms with Crippen LogP contribution >= 0.6 is 11.6 Å². The highest BCUT2D eigenvalue weighted by atomic mass is 35.5. The van der Waals surface area contributed by atoms with Crippen molar-refractivity contribution in [3.8, 4) is 0 Å². The van der Waals surface area contributed by atoms with Crippen LogP contribution in [0.2, 0.25) is 5.15 Å². The van der Waals surface area contributed by atoms with Gasteiger partial charge in [0.1, 0.15) is 23.4 Å². The maximum absolute atomic E-state index is 12.8. The molecule has 2 aliphatic heterocycles. The molecule has 2 saturated heterocycles. The zero-order chi connectivity index (χ0) is 23.9. The minimum atomic E-state index is -0.439. The fourth-order valence-electron chi connectivity index (χ4n) is 4.23. The zero-order valence-electron chi connectivity index (χ0n) is 18.2. The van der Waals surface area contributed by atoms with Crippen LogP contribution in [0.4, 0.5) is 11.6 Å². The summed E-state index contributed by atoms with van der Waals surface area (Å²) in [5, 5.41) is 15.3. The third-order valence-electron chi connectivity index (χ3n) is 6.11. The van der Waals surface area contributed by atoms with Gasteiger partial charge in [0.15, 0.2) is 22.5 Å². The Hall–Kier alpha value is -3.93. The number of hydrogen-bond donors (Lipinski definition) is 4. The lowest BCUT2D eigenvalue weighted by molar-refractivity contribution is -0.133. The summed E-state index contributed by atoms with van der Waals surface area (Å²) >= 11 is 5.87. The van der Waals surface area contributed by atoms with E-state index in [0.717, 1.165) is 23.9 Å². The Bertz CT molecular complexity index is 1280. The molecule has 0 saturated carbocycles. The van der Waals surface area contributed by atoms with Crippen LogP contribution in [0.5, 0.6) is 0 Å². The Morgan fingerprint density at radius 3 is 2.44 bits per heavy atom. The first-order chi connectivity index (χ1) is 16.3. The molecule has 6 N–H and O–H groups in total. The van der Waals surface area contributed by atoms with E-state index in [2.05, 4.69) is 30.8 Å². The van der Waals surface area contributed by atoms with Crippen LogP contribution in [0.15, 0.2) is 36.2 Å². The third-order valence-corrected chi connectivity index (χ3v) is 6.39. The molecule has 1 amide bonds. The first kappa shape index (κ1) is 21.9. The molecule has 0 bridgehead atoms. The van der Waals surface area contributed by atoms with Gasteiger partial charge in [0.2, 0.25) is 11.7 Å². The standard InChI is InChI=1S/C21H23ClN10O2/c22-18-20(24)27-19(23)17(26-18)14(33)9-15-25-11-21(28-15)5-7-31(8-6-21)16(34)10-32-29-12-3-1-2-4-13(12)30-32/h1-4,9,25,28H,5-8,10-11H2,(H4,23,24,27)/b15-9+. The van der Waals surface area contributed by atoms with Crippen LogP contribution in [0.25, 0.3) is 11.0 Å². The van der Waals surface area contributed by atoms with E-state index < -0.39 is 5.78 Å². The van der Waals surface area contributed by atoms with Gasteiger partial charge < -0.3 is 27.0 Å². The number of halogens is 1. The van der Waals surface area contributed by atoms with Crippen LogP contribution in [0.3, 0.4) is 0 Å². The number of aromatic nitrogens is 5. The molecule has 1 aromatic carbocycles. The second kappa shape index (κ2) is 8.45. The number of nitrogens with one attached hydrogen (secondary N) is 2. The topological polar surface area (TPSA) is 170 Å². The Balaban J connectivity index is 1.19. The number of anilines is 2. The number of ketones is 1. The third kappa shape index (κ3) is 4.19. The van der Waals surface area contributed by atoms with Gasteiger partial charge >= 0.3 is 0 Å². The van der Waals surface area contributed by atoms with Crippen LogP contribution in [-0.4, -0.2) is 66.7 Å². The average molecular weight is 483 g/mol. The van der Waals surface area contributed by atoms with Crippen molar-refractivity contribution < 1.29 is 9.59 Å². The van der Waals surface area contributed by atoms with Crippen LogP contribution in [-0.2, 0) is 11.3 Å². The predicted molar refractivity (Wildman–Crippen MR) is 125 cm³/mol. The van der Waals surface area contributed by atoms with Crippen molar-refractivity contribution in [3.63, 3.8) is 0 Å². The van der Waals surface area contributed by atoms with Gasteiger partial charge in [-0.25, -0.2) is 9.97 Å². The van der Waals surface area contributed by atoms with E-state index in [1.165, 1.54) is 10.9 Å². The van der Waals surface area contributed by atoms with Gasteiger partial charge in [-0.15, -0.1) is 0 Å². The molecule has 0 unspecified atom stereocenters. The number of rotatable bonds is 4. The second-order valence-corrected chi connectivity index (χ2v) is 8.77. The quantitative estimate of drug-likeness (QED) is 0.300. The number of nitrogen functional groups attached to an aromatic ring is 2. The van der Waals surface area contributed by atoms with E-state index in [1.807, 2.05) is 29.2 Å². The number of fused-ring (bicyclic) bond motifs is 1. The average Bonchev–Trinajstić information content (AvgIpc) is 3.40. The number of carbonyl (C=O) groups is 2. The highest BCUT2D eigenvalue weighted by Crippen LogP contribution is 2.27. The minimum absolute atomic E-state index is 0.0265. The molecule has 3 aromatic rings. The normalized spacial score (nSPS) is 18.3. The summed E-state index contributed by atoms with van der Waals surface area (Å²) in [5.41, 5.74) is 12.5. The minimum Gasteiger partial charge on any atom is -0.382 e. The molecular weight excluding hydrogens is 460 g/mol. The zero-order valence-corrected chi connectivity index (χ0v) is 18.9. The molecule has 0 atom stereocenters. The molecular formula is C21H23ClN10O2. The van der Waals surface area contributed by atoms with E-state index >= 15 is 0 Å². The molecule has 176 valence electrons. The molecule has 12 nitrogen and oxygen atoms in total. The molecule has 4 heterocycles. The van der Waals surface area contributed by atoms with E-state index in [4.69, 9.17) is 23.1 Å². The lowest BCUT2D eigenvalue weighted by Crippen LogP contribution is -2.53. The van der Waals surface area contributed by atoms with E-state index in [9.17, 15) is 9.59 Å². The van der Waals surface area contributed by atoms with Gasteiger partial charge in [0.05, 0.1) is 5.54 Å². The summed E-state index contributed by atoms with van der Waals surface area (Å²) in [7, 11) is 0. The number of piperidine rings is 1. The van der Waals surface area contributed by atoms with Gasteiger partial charge in [-0.2, -0.15) is 15.0 Å². The molecule has 0 aliphatic carbocycles. The fourth-order valence-corrected chi connectivity index (χ4v) is 4.36. The predicted octanol–water partition coefficient (Wildman–Crippen LogP) is 0.317. The molecule has 5 rings (SSSR count). The van der Waals surface area contributed by atoms with E-state index in [0.29, 0.717) is 25.5 Å². The number of benzene rings is 1. The molecule has 2 fully saturated rings. The van der Waals surface area contributed by atoms with Crippen molar-refractivity contribution in [1.29, 1.82) is 0 Å². The SMILES string of the molecule is Nc1nc(N)c(C(=O)/C=C2\NCC3(CCN(C(=O)Cn4nc5ccccc5n4)CC3)N2)nc1Cl. The first-order valence-electron chi connectivity index (χ1n) is 10.8. The first-order valence-corrected chi connectivity index (χ1v) is 11.1. The van der Waals surface area contributed by atoms with Crippen molar-refractivity contribution >= 4 is 46.0 Å². The summed E-state index contributed by atoms with van der Waals surface area (Å²) in [6, 6.07) is 7.51. The van der Waals surface area contributed by atoms with E-state index in [1.54, 1.807) is 0 Å². The highest BCUT2D eigenvalue weighted by molar-refractivity contribution is 6.31. The Morgan fingerprint density at radius 1 is 1.09 bits per heavy atom. The van der Waals surface area contributed by atoms with Gasteiger partial charge in [-0.3, -0.25) is 9.59 Å². The molecule has 1 spiro atoms. The second-order valence-electron chi connectivity index (χ2n) is 8.41. The maximum atomic E-state index is 12.8. The Labute approximate surface area is 199 Å². The number of hydrogen-bond acceptors (Lipinski definition) is 10. The van der Waals surface area contributed by atoms with Crippen LogP contribution in [0, 0.1) is 0 Å². The molecule has 34 heavy (non-hydrogen) atoms. The Morgan fingerprint density at radius 2 is 1.76 bits per heavy atom. The number of carbonyl (C=O) groups excluding carboxylic acids is 2. The maximum Gasteiger partial charge on any atom is 0.246 e. The Kier molecular flexibility index (Phi) is 5.44. The smallest absolute Gasteiger partial charge is 0.246 e. The summed E-state index contributed by atoms with van der Waals surface area (Å²) in [6.45, 7) is 1.90. The molecule has 13 heteroatoms.